The predicted octanol–water partition coefficient (Wildman–Crippen LogP) is 3.37. The normalized spacial score (nSPS) is 15.5. The van der Waals surface area contributed by atoms with E-state index in [1.54, 1.807) is 0 Å². The van der Waals surface area contributed by atoms with Crippen molar-refractivity contribution in [3.63, 3.8) is 0 Å². The topological polar surface area (TPSA) is 3.24 Å². The second-order valence-electron chi connectivity index (χ2n) is 2.16. The Bertz CT molecular complexity index is 114. The molecule has 0 amide bonds. The van der Waals surface area contributed by atoms with Gasteiger partial charge in [-0.3, -0.25) is 4.90 Å². The van der Waals surface area contributed by atoms with Crippen LogP contribution in [0.25, 0.3) is 0 Å². The average molecular weight is 370 g/mol. The van der Waals surface area contributed by atoms with Crippen molar-refractivity contribution in [1.82, 2.24) is 4.90 Å². The number of hydrogen-bond donors (Lipinski definition) is 0. The molecule has 0 aliphatic carbocycles. The van der Waals surface area contributed by atoms with Crippen LogP contribution in [-0.2, 0) is 0 Å². The van der Waals surface area contributed by atoms with Crippen LogP contribution in [0.15, 0.2) is 0 Å². The van der Waals surface area contributed by atoms with Gasteiger partial charge in [-0.2, -0.15) is 0 Å². The van der Waals surface area contributed by atoms with Crippen LogP contribution in [0.4, 0.5) is 0 Å². The third kappa shape index (κ3) is 3.60. The largest absolute Gasteiger partial charge is 0.279 e. The molecule has 0 saturated heterocycles. The molecular weight excluding hydrogens is 357 g/mol. The minimum absolute atomic E-state index is 0.145. The molecule has 0 aromatic rings. The smallest absolute Gasteiger partial charge is 0.148 e. The summed E-state index contributed by atoms with van der Waals surface area (Å²) in [4.78, 5) is 2.28. The molecule has 5 heteroatoms. The molecule has 0 saturated carbocycles. The summed E-state index contributed by atoms with van der Waals surface area (Å²) < 4.78 is 0.142. The van der Waals surface area contributed by atoms with Crippen molar-refractivity contribution in [1.29, 1.82) is 0 Å². The molecule has 2 unspecified atom stereocenters. The minimum atomic E-state index is -0.145. The number of halogens is 3. The van der Waals surface area contributed by atoms with E-state index in [1.807, 2.05) is 0 Å². The maximum Gasteiger partial charge on any atom is 0.148 e. The summed E-state index contributed by atoms with van der Waals surface area (Å²) in [5.41, 5.74) is 0. The van der Waals surface area contributed by atoms with Gasteiger partial charge in [-0.25, -0.2) is 0 Å². The van der Waals surface area contributed by atoms with Crippen LogP contribution < -0.4 is 0 Å². The van der Waals surface area contributed by atoms with Gasteiger partial charge in [0, 0.05) is 0 Å². The van der Waals surface area contributed by atoms with E-state index in [0.29, 0.717) is 0 Å². The van der Waals surface area contributed by atoms with Crippen molar-refractivity contribution < 1.29 is 0 Å². The Morgan fingerprint density at radius 1 is 1.36 bits per heavy atom. The molecule has 0 spiro atoms. The van der Waals surface area contributed by atoms with Crippen LogP contribution >= 0.6 is 57.0 Å². The van der Waals surface area contributed by atoms with E-state index in [9.17, 15) is 0 Å². The third-order valence-corrected chi connectivity index (χ3v) is 6.86. The molecule has 1 nitrogen and oxygen atoms in total. The molecule has 0 bridgehead atoms. The fourth-order valence-corrected chi connectivity index (χ4v) is 2.32. The summed E-state index contributed by atoms with van der Waals surface area (Å²) in [6, 6.07) is 0. The molecular formula is C6H13Br3NP. The first-order valence-corrected chi connectivity index (χ1v) is 6.66. The first-order chi connectivity index (χ1) is 4.96. The van der Waals surface area contributed by atoms with Gasteiger partial charge in [0.2, 0.25) is 0 Å². The zero-order valence-corrected chi connectivity index (χ0v) is 12.6. The first-order valence-electron chi connectivity index (χ1n) is 3.49. The van der Waals surface area contributed by atoms with Gasteiger partial charge in [-0.05, 0) is 13.1 Å². The second kappa shape index (κ2) is 5.54. The Balaban J connectivity index is 4.24. The lowest BCUT2D eigenvalue weighted by Crippen LogP contribution is -2.42. The van der Waals surface area contributed by atoms with Gasteiger partial charge in [-0.15, -0.1) is 9.24 Å². The Morgan fingerprint density at radius 2 is 1.73 bits per heavy atom. The predicted molar refractivity (Wildman–Crippen MR) is 65.9 cm³/mol. The summed E-state index contributed by atoms with van der Waals surface area (Å²) in [6.07, 6.45) is 0. The Kier molecular flexibility index (Phi) is 6.46. The van der Waals surface area contributed by atoms with Crippen molar-refractivity contribution >= 4 is 57.0 Å². The van der Waals surface area contributed by atoms with Gasteiger partial charge in [0.1, 0.15) is 3.36 Å². The average Bonchev–Trinajstić information content (AvgIpc) is 1.89. The van der Waals surface area contributed by atoms with Crippen molar-refractivity contribution in [3.8, 4) is 0 Å². The quantitative estimate of drug-likeness (QED) is 0.417. The van der Waals surface area contributed by atoms with Gasteiger partial charge >= 0.3 is 0 Å². The molecule has 0 radical (unpaired) electrons. The van der Waals surface area contributed by atoms with E-state index in [-0.39, 0.29) is 7.93 Å². The molecule has 0 rings (SSSR count). The van der Waals surface area contributed by atoms with Crippen LogP contribution in [0.2, 0.25) is 0 Å². The molecule has 0 fully saturated rings. The fourth-order valence-electron chi connectivity index (χ4n) is 0.820. The summed E-state index contributed by atoms with van der Waals surface area (Å²) >= 11 is 10.7. The number of nitrogens with zero attached hydrogens (tertiary/aromatic N) is 1. The van der Waals surface area contributed by atoms with Gasteiger partial charge in [-0.1, -0.05) is 61.6 Å². The van der Waals surface area contributed by atoms with E-state index in [1.165, 1.54) is 0 Å². The Morgan fingerprint density at radius 3 is 1.82 bits per heavy atom. The lowest BCUT2D eigenvalue weighted by atomic mass is 10.5. The van der Waals surface area contributed by atoms with Crippen molar-refractivity contribution in [2.45, 2.75) is 21.8 Å². The standard InChI is InChI=1S/C6H13Br3NP/c1-3-10(4-2)6(8,9)5(7)11/h5H,3-4,11H2,1-2H3. The summed E-state index contributed by atoms with van der Waals surface area (Å²) in [5.74, 6) is 0. The molecule has 0 aliphatic rings. The summed E-state index contributed by atoms with van der Waals surface area (Å²) in [5, 5.41) is 0. The number of hydrogen-bond acceptors (Lipinski definition) is 1. The fraction of sp³-hybridized carbons (Fsp3) is 1.00. The number of alkyl halides is 3. The van der Waals surface area contributed by atoms with Crippen molar-refractivity contribution in [3.05, 3.63) is 0 Å². The highest BCUT2D eigenvalue weighted by Crippen LogP contribution is 2.41. The highest BCUT2D eigenvalue weighted by atomic mass is 79.9. The van der Waals surface area contributed by atoms with E-state index in [4.69, 9.17) is 0 Å². The van der Waals surface area contributed by atoms with E-state index in [0.717, 1.165) is 13.1 Å². The summed E-state index contributed by atoms with van der Waals surface area (Å²) in [6.45, 7) is 6.31. The molecule has 0 N–H and O–H groups in total. The highest BCUT2D eigenvalue weighted by molar-refractivity contribution is 9.26. The van der Waals surface area contributed by atoms with Gasteiger partial charge in [0.25, 0.3) is 0 Å². The number of rotatable bonds is 4. The van der Waals surface area contributed by atoms with Crippen LogP contribution in [0.1, 0.15) is 13.8 Å². The zero-order valence-electron chi connectivity index (χ0n) is 6.65. The Labute approximate surface area is 96.3 Å². The SMILES string of the molecule is CCN(CC)C(Br)(Br)C(P)Br. The monoisotopic (exact) mass is 367 g/mol. The molecule has 68 valence electrons. The molecule has 0 heterocycles. The minimum Gasteiger partial charge on any atom is -0.279 e. The molecule has 2 atom stereocenters. The lowest BCUT2D eigenvalue weighted by molar-refractivity contribution is 0.283. The maximum absolute atomic E-state index is 3.61. The van der Waals surface area contributed by atoms with Crippen LogP contribution in [0, 0.1) is 0 Å². The van der Waals surface area contributed by atoms with Gasteiger partial charge in [0.05, 0.1) is 4.57 Å². The molecule has 0 aromatic heterocycles. The van der Waals surface area contributed by atoms with Gasteiger partial charge < -0.3 is 0 Å². The second-order valence-corrected chi connectivity index (χ2v) is 8.27. The van der Waals surface area contributed by atoms with E-state index >= 15 is 0 Å². The van der Waals surface area contributed by atoms with Crippen LogP contribution in [0.5, 0.6) is 0 Å². The van der Waals surface area contributed by atoms with Crippen LogP contribution in [0.3, 0.4) is 0 Å². The highest BCUT2D eigenvalue weighted by Gasteiger charge is 2.33. The van der Waals surface area contributed by atoms with Crippen LogP contribution in [-0.4, -0.2) is 25.9 Å². The van der Waals surface area contributed by atoms with Crippen molar-refractivity contribution in [2.24, 2.45) is 0 Å². The van der Waals surface area contributed by atoms with Gasteiger partial charge in [0.15, 0.2) is 0 Å². The molecule has 0 aromatic carbocycles. The maximum atomic E-state index is 3.61. The lowest BCUT2D eigenvalue weighted by Gasteiger charge is -2.35. The van der Waals surface area contributed by atoms with E-state index < -0.39 is 0 Å². The first kappa shape index (κ1) is 12.8. The Hall–Kier alpha value is 1.83. The zero-order chi connectivity index (χ0) is 9.07. The van der Waals surface area contributed by atoms with E-state index in [2.05, 4.69) is 75.8 Å². The molecule has 0 aliphatic heterocycles. The van der Waals surface area contributed by atoms with Crippen molar-refractivity contribution in [2.75, 3.05) is 13.1 Å². The molecule has 11 heavy (non-hydrogen) atoms. The summed E-state index contributed by atoms with van der Waals surface area (Å²) in [7, 11) is 2.71. The third-order valence-electron chi connectivity index (χ3n) is 1.52.